The summed E-state index contributed by atoms with van der Waals surface area (Å²) in [5.41, 5.74) is 6.30. The molecular weight excluding hydrogens is 444 g/mol. The molecule has 1 fully saturated rings. The molecule has 0 saturated heterocycles. The fraction of sp³-hybridized carbons (Fsp3) is 0.360. The Hall–Kier alpha value is -4.08. The number of hydrogen-bond acceptors (Lipinski definition) is 6. The highest BCUT2D eigenvalue weighted by Crippen LogP contribution is 2.44. The molecule has 0 aliphatic heterocycles. The van der Waals surface area contributed by atoms with Gasteiger partial charge in [-0.15, -0.1) is 0 Å². The molecular formula is C25H26N8O2. The first kappa shape index (κ1) is 21.5. The van der Waals surface area contributed by atoms with Crippen molar-refractivity contribution in [3.05, 3.63) is 48.3 Å². The lowest BCUT2D eigenvalue weighted by molar-refractivity contribution is -0.149. The van der Waals surface area contributed by atoms with Gasteiger partial charge in [-0.3, -0.25) is 19.6 Å². The van der Waals surface area contributed by atoms with E-state index < -0.39 is 11.4 Å². The number of aromatic nitrogens is 8. The van der Waals surface area contributed by atoms with Gasteiger partial charge in [0.25, 0.3) is 0 Å². The zero-order valence-electron chi connectivity index (χ0n) is 19.9. The van der Waals surface area contributed by atoms with Gasteiger partial charge in [0.15, 0.2) is 11.3 Å². The zero-order chi connectivity index (χ0) is 24.3. The number of aromatic amines is 1. The van der Waals surface area contributed by atoms with Crippen molar-refractivity contribution < 1.29 is 9.90 Å². The Kier molecular flexibility index (Phi) is 4.73. The van der Waals surface area contributed by atoms with Crippen LogP contribution in [0.5, 0.6) is 0 Å². The van der Waals surface area contributed by atoms with Crippen LogP contribution in [0.4, 0.5) is 0 Å². The quantitative estimate of drug-likeness (QED) is 0.404. The van der Waals surface area contributed by atoms with Gasteiger partial charge in [0.05, 0.1) is 34.6 Å². The molecule has 10 heteroatoms. The molecule has 0 aromatic carbocycles. The topological polar surface area (TPSA) is 127 Å². The van der Waals surface area contributed by atoms with Crippen LogP contribution in [0.3, 0.4) is 0 Å². The lowest BCUT2D eigenvalue weighted by Crippen LogP contribution is -2.32. The third-order valence-electron chi connectivity index (χ3n) is 7.42. The molecule has 2 N–H and O–H groups in total. The fourth-order valence-electron chi connectivity index (χ4n) is 5.17. The van der Waals surface area contributed by atoms with Crippen molar-refractivity contribution in [2.24, 2.45) is 12.5 Å². The van der Waals surface area contributed by atoms with Gasteiger partial charge in [0.2, 0.25) is 0 Å². The average Bonchev–Trinajstić information content (AvgIpc) is 3.58. The molecule has 1 aliphatic carbocycles. The summed E-state index contributed by atoms with van der Waals surface area (Å²) in [5, 5.41) is 27.1. The van der Waals surface area contributed by atoms with Gasteiger partial charge in [0, 0.05) is 47.7 Å². The number of hydrogen-bond donors (Lipinski definition) is 2. The summed E-state index contributed by atoms with van der Waals surface area (Å²) in [7, 11) is 1.88. The Morgan fingerprint density at radius 3 is 2.57 bits per heavy atom. The monoisotopic (exact) mass is 470 g/mol. The van der Waals surface area contributed by atoms with E-state index in [-0.39, 0.29) is 5.92 Å². The summed E-state index contributed by atoms with van der Waals surface area (Å²) in [5.74, 6) is -0.552. The Labute approximate surface area is 201 Å². The number of fused-ring (bicyclic) bond motifs is 3. The van der Waals surface area contributed by atoms with Gasteiger partial charge in [-0.05, 0) is 45.6 Å². The van der Waals surface area contributed by atoms with E-state index in [9.17, 15) is 9.90 Å². The largest absolute Gasteiger partial charge is 0.481 e. The molecule has 0 bridgehead atoms. The van der Waals surface area contributed by atoms with Crippen molar-refractivity contribution in [3.63, 3.8) is 0 Å². The third-order valence-corrected chi connectivity index (χ3v) is 7.42. The molecule has 5 aromatic heterocycles. The number of nitrogens with one attached hydrogen (secondary N) is 1. The Morgan fingerprint density at radius 1 is 1.11 bits per heavy atom. The number of nitrogens with zero attached hydrogens (tertiary/aromatic N) is 7. The number of H-pyrrole nitrogens is 1. The molecule has 1 saturated carbocycles. The summed E-state index contributed by atoms with van der Waals surface area (Å²) < 4.78 is 3.53. The number of carboxylic acid groups (broad SMARTS) is 1. The summed E-state index contributed by atoms with van der Waals surface area (Å²) in [6.07, 6.45) is 10.2. The Morgan fingerprint density at radius 2 is 1.91 bits per heavy atom. The summed E-state index contributed by atoms with van der Waals surface area (Å²) in [4.78, 5) is 21.5. The van der Waals surface area contributed by atoms with Crippen LogP contribution in [0.15, 0.2) is 36.9 Å². The minimum atomic E-state index is -0.718. The molecule has 10 nitrogen and oxygen atoms in total. The maximum absolute atomic E-state index is 11.7. The number of carboxylic acids is 1. The van der Waals surface area contributed by atoms with Crippen LogP contribution in [-0.2, 0) is 11.8 Å². The van der Waals surface area contributed by atoms with Gasteiger partial charge in [0.1, 0.15) is 0 Å². The molecule has 6 rings (SSSR count). The van der Waals surface area contributed by atoms with E-state index in [0.717, 1.165) is 63.3 Å². The standard InChI is InChI=1S/C25H26N8O2/c1-14-20-21(15-6-8-25(2,9-7-15)24(34)35)29-22-18(12-28-33(22)23(20)31-30-14)16-4-5-19(26-10-16)17-11-27-32(3)13-17/h4-5,10-13,15H,6-9H2,1-3H3,(H,30,31)(H,34,35). The highest BCUT2D eigenvalue weighted by molar-refractivity contribution is 5.87. The minimum Gasteiger partial charge on any atom is -0.481 e. The Bertz CT molecular complexity index is 1570. The predicted octanol–water partition coefficient (Wildman–Crippen LogP) is 4.13. The SMILES string of the molecule is Cc1[nH]nc2c1c(C1CCC(C)(C(=O)O)CC1)nc1c(-c3ccc(-c4cnn(C)c4)nc3)cnn12. The smallest absolute Gasteiger partial charge is 0.309 e. The molecule has 0 spiro atoms. The second-order valence-electron chi connectivity index (χ2n) is 9.81. The van der Waals surface area contributed by atoms with Gasteiger partial charge in [-0.1, -0.05) is 6.07 Å². The lowest BCUT2D eigenvalue weighted by atomic mass is 9.70. The Balaban J connectivity index is 1.43. The van der Waals surface area contributed by atoms with Crippen LogP contribution in [0.25, 0.3) is 39.1 Å². The molecule has 5 heterocycles. The van der Waals surface area contributed by atoms with Gasteiger partial charge < -0.3 is 5.11 Å². The van der Waals surface area contributed by atoms with Crippen molar-refractivity contribution in [1.29, 1.82) is 0 Å². The van der Waals surface area contributed by atoms with E-state index in [2.05, 4.69) is 25.4 Å². The maximum atomic E-state index is 11.7. The van der Waals surface area contributed by atoms with E-state index >= 15 is 0 Å². The highest BCUT2D eigenvalue weighted by atomic mass is 16.4. The predicted molar refractivity (Wildman–Crippen MR) is 130 cm³/mol. The van der Waals surface area contributed by atoms with Crippen LogP contribution >= 0.6 is 0 Å². The lowest BCUT2D eigenvalue weighted by Gasteiger charge is -2.33. The number of pyridine rings is 1. The van der Waals surface area contributed by atoms with E-state index in [0.29, 0.717) is 12.8 Å². The van der Waals surface area contributed by atoms with E-state index in [4.69, 9.17) is 4.98 Å². The fourth-order valence-corrected chi connectivity index (χ4v) is 5.17. The second-order valence-corrected chi connectivity index (χ2v) is 9.81. The van der Waals surface area contributed by atoms with Crippen LogP contribution in [0.1, 0.15) is 49.9 Å². The third kappa shape index (κ3) is 3.39. The summed E-state index contributed by atoms with van der Waals surface area (Å²) in [6.45, 7) is 3.83. The van der Waals surface area contributed by atoms with E-state index in [1.165, 1.54) is 0 Å². The van der Waals surface area contributed by atoms with Gasteiger partial charge in [-0.25, -0.2) is 4.98 Å². The van der Waals surface area contributed by atoms with Gasteiger partial charge in [-0.2, -0.15) is 19.8 Å². The summed E-state index contributed by atoms with van der Waals surface area (Å²) >= 11 is 0. The van der Waals surface area contributed by atoms with Crippen LogP contribution in [0, 0.1) is 12.3 Å². The molecule has 0 atom stereocenters. The maximum Gasteiger partial charge on any atom is 0.309 e. The van der Waals surface area contributed by atoms with Crippen molar-refractivity contribution in [3.8, 4) is 22.4 Å². The van der Waals surface area contributed by atoms with Crippen LogP contribution in [-0.4, -0.2) is 50.6 Å². The first-order chi connectivity index (χ1) is 16.8. The van der Waals surface area contributed by atoms with Crippen molar-refractivity contribution in [2.75, 3.05) is 0 Å². The van der Waals surface area contributed by atoms with Crippen molar-refractivity contribution in [1.82, 2.24) is 39.6 Å². The highest BCUT2D eigenvalue weighted by Gasteiger charge is 2.39. The number of rotatable bonds is 4. The van der Waals surface area contributed by atoms with Gasteiger partial charge >= 0.3 is 5.97 Å². The minimum absolute atomic E-state index is 0.167. The zero-order valence-corrected chi connectivity index (χ0v) is 19.9. The number of aliphatic carboxylic acids is 1. The van der Waals surface area contributed by atoms with Crippen molar-refractivity contribution in [2.45, 2.75) is 45.4 Å². The molecule has 0 amide bonds. The van der Waals surface area contributed by atoms with E-state index in [1.807, 2.05) is 45.4 Å². The number of aryl methyl sites for hydroxylation is 2. The molecule has 0 radical (unpaired) electrons. The molecule has 0 unspecified atom stereocenters. The average molecular weight is 471 g/mol. The van der Waals surface area contributed by atoms with Crippen LogP contribution in [0.2, 0.25) is 0 Å². The number of carbonyl (C=O) groups is 1. The second kappa shape index (κ2) is 7.72. The first-order valence-corrected chi connectivity index (χ1v) is 11.8. The first-order valence-electron chi connectivity index (χ1n) is 11.8. The van der Waals surface area contributed by atoms with Crippen molar-refractivity contribution >= 4 is 22.6 Å². The molecule has 5 aromatic rings. The molecule has 1 aliphatic rings. The molecule has 178 valence electrons. The summed E-state index contributed by atoms with van der Waals surface area (Å²) in [6, 6.07) is 3.99. The molecule has 35 heavy (non-hydrogen) atoms. The van der Waals surface area contributed by atoms with E-state index in [1.54, 1.807) is 21.6 Å². The normalized spacial score (nSPS) is 20.6. The van der Waals surface area contributed by atoms with Crippen LogP contribution < -0.4 is 0 Å².